The number of carbonyl (C=O) groups excluding carboxylic acids is 1. The van der Waals surface area contributed by atoms with E-state index in [-0.39, 0.29) is 11.3 Å². The second kappa shape index (κ2) is 4.20. The summed E-state index contributed by atoms with van der Waals surface area (Å²) in [6, 6.07) is 5.50. The lowest BCUT2D eigenvalue weighted by molar-refractivity contribution is -0.291. The summed E-state index contributed by atoms with van der Waals surface area (Å²) in [7, 11) is 1.25. The van der Waals surface area contributed by atoms with E-state index in [4.69, 9.17) is 4.74 Å². The highest BCUT2D eigenvalue weighted by atomic mass is 19.4. The monoisotopic (exact) mass is 220 g/mol. The van der Waals surface area contributed by atoms with E-state index in [2.05, 4.69) is 4.74 Å². The second-order valence-corrected chi connectivity index (χ2v) is 2.54. The molecule has 0 heterocycles. The average molecular weight is 220 g/mol. The van der Waals surface area contributed by atoms with Crippen LogP contribution in [0.25, 0.3) is 0 Å². The number of methoxy groups -OCH3 is 1. The minimum atomic E-state index is -4.99. The van der Waals surface area contributed by atoms with Gasteiger partial charge in [0.15, 0.2) is 0 Å². The number of alkyl halides is 3. The van der Waals surface area contributed by atoms with Gasteiger partial charge in [0.05, 0.1) is 7.11 Å². The molecule has 3 nitrogen and oxygen atoms in total. The zero-order valence-corrected chi connectivity index (χ0v) is 7.67. The van der Waals surface area contributed by atoms with Crippen molar-refractivity contribution in [3.8, 4) is 5.75 Å². The van der Waals surface area contributed by atoms with E-state index in [0.29, 0.717) is 0 Å². The largest absolute Gasteiger partial charge is 0.575 e. The lowest BCUT2D eigenvalue weighted by Gasteiger charge is -2.09. The molecule has 0 radical (unpaired) electrons. The second-order valence-electron chi connectivity index (χ2n) is 2.54. The van der Waals surface area contributed by atoms with Gasteiger partial charge in [0.25, 0.3) is 0 Å². The molecule has 1 rings (SSSR count). The van der Waals surface area contributed by atoms with Crippen LogP contribution in [0.1, 0.15) is 10.4 Å². The predicted octanol–water partition coefficient (Wildman–Crippen LogP) is 2.37. The van der Waals surface area contributed by atoms with Crippen LogP contribution in [0.5, 0.6) is 5.75 Å². The molecule has 0 saturated heterocycles. The van der Waals surface area contributed by atoms with Crippen molar-refractivity contribution in [1.29, 1.82) is 0 Å². The molecular formula is C9H7F3O3. The Bertz CT molecular complexity index is 360. The van der Waals surface area contributed by atoms with Gasteiger partial charge in [-0.05, 0) is 12.1 Å². The zero-order valence-electron chi connectivity index (χ0n) is 7.67. The van der Waals surface area contributed by atoms with Crippen LogP contribution in [0.3, 0.4) is 0 Å². The number of ether oxygens (including phenoxy) is 2. The number of para-hydroxylation sites is 1. The van der Waals surface area contributed by atoms with Gasteiger partial charge in [-0.1, -0.05) is 12.1 Å². The first-order chi connectivity index (χ1) is 6.94. The Labute approximate surface area is 83.4 Å². The van der Waals surface area contributed by atoms with Crippen LogP contribution in [-0.4, -0.2) is 19.4 Å². The van der Waals surface area contributed by atoms with Gasteiger partial charge in [0.1, 0.15) is 11.3 Å². The first-order valence-electron chi connectivity index (χ1n) is 3.87. The molecule has 0 bridgehead atoms. The summed E-state index contributed by atoms with van der Waals surface area (Å²) in [6.07, 6.45) is -4.99. The Morgan fingerprint density at radius 2 is 1.87 bits per heavy atom. The Hall–Kier alpha value is -1.72. The van der Waals surface area contributed by atoms with Crippen molar-refractivity contribution in [3.05, 3.63) is 29.8 Å². The predicted molar refractivity (Wildman–Crippen MR) is 44.5 cm³/mol. The van der Waals surface area contributed by atoms with Crippen LogP contribution in [-0.2, 0) is 4.74 Å². The molecule has 0 unspecified atom stereocenters. The summed E-state index contributed by atoms with van der Waals surface area (Å²) in [5.41, 5.74) is -0.266. The zero-order chi connectivity index (χ0) is 11.5. The summed E-state index contributed by atoms with van der Waals surface area (Å²) >= 11 is 0. The molecule has 0 amide bonds. The van der Waals surface area contributed by atoms with Crippen LogP contribution in [0.2, 0.25) is 0 Å². The van der Waals surface area contributed by atoms with Gasteiger partial charge >= 0.3 is 12.3 Å². The SMILES string of the molecule is COc1ccccc1C(=O)OC(F)(F)F. The maximum Gasteiger partial charge on any atom is 0.575 e. The standard InChI is InChI=1S/C9H7F3O3/c1-14-7-5-3-2-4-6(7)8(13)15-9(10,11)12/h2-5H,1H3. The lowest BCUT2D eigenvalue weighted by Crippen LogP contribution is -2.19. The third-order valence-electron chi connectivity index (χ3n) is 1.54. The highest BCUT2D eigenvalue weighted by Crippen LogP contribution is 2.23. The minimum absolute atomic E-state index is 0.0340. The number of hydrogen-bond acceptors (Lipinski definition) is 3. The summed E-state index contributed by atoms with van der Waals surface area (Å²) in [6.45, 7) is 0. The van der Waals surface area contributed by atoms with Gasteiger partial charge in [-0.2, -0.15) is 0 Å². The molecule has 1 aromatic carbocycles. The van der Waals surface area contributed by atoms with E-state index in [1.54, 1.807) is 0 Å². The van der Waals surface area contributed by atoms with Crippen LogP contribution < -0.4 is 4.74 Å². The van der Waals surface area contributed by atoms with Gasteiger partial charge in [-0.25, -0.2) is 4.79 Å². The normalized spacial score (nSPS) is 10.9. The quantitative estimate of drug-likeness (QED) is 0.718. The van der Waals surface area contributed by atoms with Crippen molar-refractivity contribution in [2.75, 3.05) is 7.11 Å². The molecule has 0 saturated carbocycles. The molecule has 0 aliphatic heterocycles. The molecule has 82 valence electrons. The summed E-state index contributed by atoms with van der Waals surface area (Å²) in [5.74, 6) is -1.45. The molecule has 0 aromatic heterocycles. The highest BCUT2D eigenvalue weighted by molar-refractivity contribution is 5.92. The van der Waals surface area contributed by atoms with Gasteiger partial charge in [0, 0.05) is 0 Å². The molecule has 0 aliphatic carbocycles. The van der Waals surface area contributed by atoms with Crippen molar-refractivity contribution in [2.45, 2.75) is 6.36 Å². The van der Waals surface area contributed by atoms with Gasteiger partial charge in [0.2, 0.25) is 0 Å². The fourth-order valence-corrected chi connectivity index (χ4v) is 0.973. The van der Waals surface area contributed by atoms with E-state index < -0.39 is 12.3 Å². The fraction of sp³-hybridized carbons (Fsp3) is 0.222. The molecule has 1 aromatic rings. The number of halogens is 3. The van der Waals surface area contributed by atoms with E-state index in [1.165, 1.54) is 31.4 Å². The topological polar surface area (TPSA) is 35.5 Å². The fourth-order valence-electron chi connectivity index (χ4n) is 0.973. The maximum atomic E-state index is 11.7. The minimum Gasteiger partial charge on any atom is -0.496 e. The Balaban J connectivity index is 2.91. The molecule has 6 heteroatoms. The van der Waals surface area contributed by atoms with Gasteiger partial charge in [-0.15, -0.1) is 13.2 Å². The third-order valence-corrected chi connectivity index (χ3v) is 1.54. The smallest absolute Gasteiger partial charge is 0.496 e. The molecule has 0 aliphatic rings. The summed E-state index contributed by atoms with van der Waals surface area (Å²) in [5, 5.41) is 0. The molecular weight excluding hydrogens is 213 g/mol. The van der Waals surface area contributed by atoms with Crippen molar-refractivity contribution in [1.82, 2.24) is 0 Å². The Morgan fingerprint density at radius 1 is 1.27 bits per heavy atom. The van der Waals surface area contributed by atoms with E-state index in [1.807, 2.05) is 0 Å². The summed E-state index contributed by atoms with van der Waals surface area (Å²) in [4.78, 5) is 11.0. The number of carbonyl (C=O) groups is 1. The molecule has 0 N–H and O–H groups in total. The Morgan fingerprint density at radius 3 is 2.40 bits per heavy atom. The van der Waals surface area contributed by atoms with E-state index in [9.17, 15) is 18.0 Å². The molecule has 0 atom stereocenters. The molecule has 0 spiro atoms. The first kappa shape index (κ1) is 11.4. The molecule has 15 heavy (non-hydrogen) atoms. The van der Waals surface area contributed by atoms with Crippen LogP contribution in [0.4, 0.5) is 13.2 Å². The lowest BCUT2D eigenvalue weighted by atomic mass is 10.2. The van der Waals surface area contributed by atoms with Crippen molar-refractivity contribution in [2.24, 2.45) is 0 Å². The summed E-state index contributed by atoms with van der Waals surface area (Å²) < 4.78 is 43.2. The number of benzene rings is 1. The molecule has 0 fully saturated rings. The van der Waals surface area contributed by atoms with Crippen molar-refractivity contribution >= 4 is 5.97 Å². The number of hydrogen-bond donors (Lipinski definition) is 0. The van der Waals surface area contributed by atoms with Crippen molar-refractivity contribution in [3.63, 3.8) is 0 Å². The number of rotatable bonds is 2. The van der Waals surface area contributed by atoms with E-state index in [0.717, 1.165) is 0 Å². The van der Waals surface area contributed by atoms with Gasteiger partial charge < -0.3 is 9.47 Å². The first-order valence-corrected chi connectivity index (χ1v) is 3.87. The van der Waals surface area contributed by atoms with Crippen LogP contribution in [0, 0.1) is 0 Å². The highest BCUT2D eigenvalue weighted by Gasteiger charge is 2.35. The Kier molecular flexibility index (Phi) is 3.18. The number of esters is 1. The van der Waals surface area contributed by atoms with Crippen LogP contribution in [0.15, 0.2) is 24.3 Å². The third kappa shape index (κ3) is 3.16. The van der Waals surface area contributed by atoms with E-state index >= 15 is 0 Å². The van der Waals surface area contributed by atoms with Gasteiger partial charge in [-0.3, -0.25) is 0 Å². The van der Waals surface area contributed by atoms with Crippen molar-refractivity contribution < 1.29 is 27.4 Å². The van der Waals surface area contributed by atoms with Crippen LogP contribution >= 0.6 is 0 Å². The maximum absolute atomic E-state index is 11.7. The average Bonchev–Trinajstić information content (AvgIpc) is 2.15.